The van der Waals surface area contributed by atoms with Crippen LogP contribution in [0.5, 0.6) is 0 Å². The van der Waals surface area contributed by atoms with Gasteiger partial charge in [-0.15, -0.1) is 0 Å². The van der Waals surface area contributed by atoms with Gasteiger partial charge in [-0.05, 0) is 43.9 Å². The number of aliphatic hydroxyl groups is 1. The Kier molecular flexibility index (Phi) is 3.46. The highest BCUT2D eigenvalue weighted by atomic mass is 35.5. The van der Waals surface area contributed by atoms with Gasteiger partial charge in [-0.25, -0.2) is 0 Å². The van der Waals surface area contributed by atoms with Crippen molar-refractivity contribution in [1.29, 1.82) is 0 Å². The molecule has 2 aliphatic rings. The number of hydrogen-bond acceptors (Lipinski definition) is 2. The summed E-state index contributed by atoms with van der Waals surface area (Å²) in [6.45, 7) is 0. The number of hydrogen-bond donors (Lipinski definition) is 1. The maximum atomic E-state index is 12.6. The SMILES string of the molecule is O=C(c1cc(Cl)ccc1Cl)N1C2CCC1CC(O)C2. The second-order valence-electron chi connectivity index (χ2n) is 5.35. The molecule has 1 aromatic carbocycles. The molecule has 0 aliphatic carbocycles. The van der Waals surface area contributed by atoms with Crippen molar-refractivity contribution in [2.75, 3.05) is 0 Å². The molecule has 0 radical (unpaired) electrons. The summed E-state index contributed by atoms with van der Waals surface area (Å²) < 4.78 is 0. The Labute approximate surface area is 122 Å². The molecule has 2 fully saturated rings. The fourth-order valence-corrected chi connectivity index (χ4v) is 3.65. The number of aliphatic hydroxyl groups excluding tert-OH is 1. The quantitative estimate of drug-likeness (QED) is 0.865. The van der Waals surface area contributed by atoms with E-state index in [-0.39, 0.29) is 24.1 Å². The van der Waals surface area contributed by atoms with Crippen LogP contribution in [-0.2, 0) is 0 Å². The summed E-state index contributed by atoms with van der Waals surface area (Å²) in [6.07, 6.45) is 2.98. The van der Waals surface area contributed by atoms with E-state index in [1.807, 2.05) is 4.90 Å². The van der Waals surface area contributed by atoms with E-state index >= 15 is 0 Å². The van der Waals surface area contributed by atoms with Crippen molar-refractivity contribution in [2.24, 2.45) is 0 Å². The molecule has 19 heavy (non-hydrogen) atoms. The molecule has 3 nitrogen and oxygen atoms in total. The lowest BCUT2D eigenvalue weighted by Gasteiger charge is -2.37. The molecule has 1 aromatic rings. The molecule has 3 rings (SSSR count). The number of rotatable bonds is 1. The number of piperidine rings is 1. The first-order valence-corrected chi connectivity index (χ1v) is 7.27. The van der Waals surface area contributed by atoms with Crippen LogP contribution in [0.1, 0.15) is 36.0 Å². The van der Waals surface area contributed by atoms with E-state index in [9.17, 15) is 9.90 Å². The summed E-state index contributed by atoms with van der Waals surface area (Å²) in [4.78, 5) is 14.5. The molecule has 2 bridgehead atoms. The third-order valence-electron chi connectivity index (χ3n) is 4.10. The number of carbonyl (C=O) groups is 1. The first-order valence-electron chi connectivity index (χ1n) is 6.52. The summed E-state index contributed by atoms with van der Waals surface area (Å²) in [6, 6.07) is 5.22. The van der Waals surface area contributed by atoms with Gasteiger partial charge in [0.25, 0.3) is 5.91 Å². The third-order valence-corrected chi connectivity index (χ3v) is 4.67. The van der Waals surface area contributed by atoms with Gasteiger partial charge in [-0.3, -0.25) is 4.79 Å². The molecule has 2 aliphatic heterocycles. The topological polar surface area (TPSA) is 40.5 Å². The lowest BCUT2D eigenvalue weighted by molar-refractivity contribution is 0.0287. The molecule has 102 valence electrons. The lowest BCUT2D eigenvalue weighted by atomic mass is 9.98. The van der Waals surface area contributed by atoms with E-state index < -0.39 is 0 Å². The monoisotopic (exact) mass is 299 g/mol. The minimum Gasteiger partial charge on any atom is -0.393 e. The van der Waals surface area contributed by atoms with E-state index in [4.69, 9.17) is 23.2 Å². The van der Waals surface area contributed by atoms with Crippen molar-refractivity contribution < 1.29 is 9.90 Å². The molecule has 2 atom stereocenters. The van der Waals surface area contributed by atoms with Crippen molar-refractivity contribution in [1.82, 2.24) is 4.90 Å². The number of nitrogens with zero attached hydrogens (tertiary/aromatic N) is 1. The largest absolute Gasteiger partial charge is 0.393 e. The number of benzene rings is 1. The van der Waals surface area contributed by atoms with E-state index in [0.717, 1.165) is 12.8 Å². The molecule has 0 saturated carbocycles. The lowest BCUT2D eigenvalue weighted by Crippen LogP contribution is -2.48. The molecule has 0 spiro atoms. The molecule has 2 unspecified atom stereocenters. The Morgan fingerprint density at radius 2 is 1.84 bits per heavy atom. The normalized spacial score (nSPS) is 29.6. The smallest absolute Gasteiger partial charge is 0.255 e. The third kappa shape index (κ3) is 2.35. The van der Waals surface area contributed by atoms with Gasteiger partial charge in [0.2, 0.25) is 0 Å². The zero-order chi connectivity index (χ0) is 13.6. The highest BCUT2D eigenvalue weighted by Crippen LogP contribution is 2.37. The average Bonchev–Trinajstić information content (AvgIpc) is 2.64. The van der Waals surface area contributed by atoms with Crippen LogP contribution in [0.15, 0.2) is 18.2 Å². The van der Waals surface area contributed by atoms with Gasteiger partial charge in [-0.2, -0.15) is 0 Å². The maximum absolute atomic E-state index is 12.6. The van der Waals surface area contributed by atoms with Crippen LogP contribution in [0.2, 0.25) is 10.0 Å². The molecular weight excluding hydrogens is 285 g/mol. The van der Waals surface area contributed by atoms with Crippen LogP contribution in [0.4, 0.5) is 0 Å². The summed E-state index contributed by atoms with van der Waals surface area (Å²) in [5.74, 6) is -0.0631. The van der Waals surface area contributed by atoms with E-state index in [2.05, 4.69) is 0 Å². The van der Waals surface area contributed by atoms with Crippen LogP contribution in [0, 0.1) is 0 Å². The Hall–Kier alpha value is -0.770. The standard InChI is InChI=1S/C14H15Cl2NO2/c15-8-1-4-13(16)12(5-8)14(19)17-9-2-3-10(17)7-11(18)6-9/h1,4-5,9-11,18H,2-3,6-7H2. The van der Waals surface area contributed by atoms with Crippen LogP contribution < -0.4 is 0 Å². The molecule has 2 saturated heterocycles. The van der Waals surface area contributed by atoms with Gasteiger partial charge < -0.3 is 10.0 Å². The zero-order valence-corrected chi connectivity index (χ0v) is 11.9. The molecule has 1 amide bonds. The van der Waals surface area contributed by atoms with Crippen LogP contribution >= 0.6 is 23.2 Å². The summed E-state index contributed by atoms with van der Waals surface area (Å²) in [5.41, 5.74) is 0.461. The highest BCUT2D eigenvalue weighted by Gasteiger charge is 2.43. The average molecular weight is 300 g/mol. The fourth-order valence-electron chi connectivity index (χ4n) is 3.28. The van der Waals surface area contributed by atoms with Crippen LogP contribution in [-0.4, -0.2) is 34.1 Å². The highest BCUT2D eigenvalue weighted by molar-refractivity contribution is 6.35. The van der Waals surface area contributed by atoms with E-state index in [0.29, 0.717) is 28.5 Å². The van der Waals surface area contributed by atoms with Gasteiger partial charge in [-0.1, -0.05) is 23.2 Å². The maximum Gasteiger partial charge on any atom is 0.255 e. The van der Waals surface area contributed by atoms with Gasteiger partial charge in [0.1, 0.15) is 0 Å². The predicted molar refractivity (Wildman–Crippen MR) is 74.7 cm³/mol. The molecule has 0 aromatic heterocycles. The van der Waals surface area contributed by atoms with Crippen molar-refractivity contribution >= 4 is 29.1 Å². The van der Waals surface area contributed by atoms with Crippen molar-refractivity contribution in [2.45, 2.75) is 43.9 Å². The number of carbonyl (C=O) groups excluding carboxylic acids is 1. The summed E-state index contributed by atoms with van der Waals surface area (Å²) in [7, 11) is 0. The van der Waals surface area contributed by atoms with Gasteiger partial charge >= 0.3 is 0 Å². The number of amides is 1. The second-order valence-corrected chi connectivity index (χ2v) is 6.19. The second kappa shape index (κ2) is 4.97. The Balaban J connectivity index is 1.90. The zero-order valence-electron chi connectivity index (χ0n) is 10.4. The minimum absolute atomic E-state index is 0.0631. The summed E-state index contributed by atoms with van der Waals surface area (Å²) >= 11 is 12.0. The minimum atomic E-state index is -0.281. The van der Waals surface area contributed by atoms with Crippen LogP contribution in [0.3, 0.4) is 0 Å². The first kappa shape index (κ1) is 13.2. The predicted octanol–water partition coefficient (Wildman–Crippen LogP) is 3.12. The molecular formula is C14H15Cl2NO2. The van der Waals surface area contributed by atoms with Gasteiger partial charge in [0.15, 0.2) is 0 Å². The van der Waals surface area contributed by atoms with Gasteiger partial charge in [0.05, 0.1) is 16.7 Å². The Morgan fingerprint density at radius 3 is 2.47 bits per heavy atom. The molecule has 5 heteroatoms. The number of halogens is 2. The first-order chi connectivity index (χ1) is 9.06. The molecule has 1 N–H and O–H groups in total. The number of fused-ring (bicyclic) bond motifs is 2. The van der Waals surface area contributed by atoms with Crippen molar-refractivity contribution in [3.8, 4) is 0 Å². The van der Waals surface area contributed by atoms with E-state index in [1.165, 1.54) is 0 Å². The molecule has 2 heterocycles. The van der Waals surface area contributed by atoms with Crippen LogP contribution in [0.25, 0.3) is 0 Å². The van der Waals surface area contributed by atoms with Crippen molar-refractivity contribution in [3.05, 3.63) is 33.8 Å². The van der Waals surface area contributed by atoms with Crippen molar-refractivity contribution in [3.63, 3.8) is 0 Å². The summed E-state index contributed by atoms with van der Waals surface area (Å²) in [5, 5.41) is 10.7. The Morgan fingerprint density at radius 1 is 1.21 bits per heavy atom. The Bertz CT molecular complexity index is 506. The van der Waals surface area contributed by atoms with E-state index in [1.54, 1.807) is 18.2 Å². The fraction of sp³-hybridized carbons (Fsp3) is 0.500. The van der Waals surface area contributed by atoms with Gasteiger partial charge in [0, 0.05) is 17.1 Å².